The molecular weight excluding hydrogens is 564 g/mol. The Bertz CT molecular complexity index is 1690. The summed E-state index contributed by atoms with van der Waals surface area (Å²) >= 11 is 12.0. The number of halogens is 5. The van der Waals surface area contributed by atoms with Gasteiger partial charge in [0.1, 0.15) is 11.4 Å². The van der Waals surface area contributed by atoms with Crippen LogP contribution < -0.4 is 10.1 Å². The summed E-state index contributed by atoms with van der Waals surface area (Å²) in [6.45, 7) is 0. The molecule has 0 aliphatic heterocycles. The van der Waals surface area contributed by atoms with Gasteiger partial charge in [0.25, 0.3) is 5.91 Å². The van der Waals surface area contributed by atoms with Gasteiger partial charge in [0.2, 0.25) is 0 Å². The van der Waals surface area contributed by atoms with Gasteiger partial charge in [0, 0.05) is 41.0 Å². The predicted molar refractivity (Wildman–Crippen MR) is 148 cm³/mol. The van der Waals surface area contributed by atoms with Crippen LogP contribution in [0, 0.1) is 0 Å². The molecule has 0 bridgehead atoms. The number of hydrogen-bond donors (Lipinski definition) is 1. The number of hydrogen-bond acceptors (Lipinski definition) is 4. The molecule has 40 heavy (non-hydrogen) atoms. The fourth-order valence-corrected chi connectivity index (χ4v) is 4.54. The van der Waals surface area contributed by atoms with E-state index in [-0.39, 0.29) is 5.56 Å². The summed E-state index contributed by atoms with van der Waals surface area (Å²) in [6, 6.07) is 18.9. The normalized spacial score (nSPS) is 11.3. The van der Waals surface area contributed by atoms with Crippen LogP contribution in [0.15, 0.2) is 91.4 Å². The Labute approximate surface area is 237 Å². The molecule has 1 N–H and O–H groups in total. The molecule has 2 aromatic heterocycles. The van der Waals surface area contributed by atoms with Crippen molar-refractivity contribution >= 4 is 34.8 Å². The summed E-state index contributed by atoms with van der Waals surface area (Å²) < 4.78 is 46.5. The van der Waals surface area contributed by atoms with Gasteiger partial charge in [-0.05, 0) is 78.4 Å². The maximum Gasteiger partial charge on any atom is 0.417 e. The van der Waals surface area contributed by atoms with Crippen molar-refractivity contribution in [1.29, 1.82) is 0 Å². The first-order valence-corrected chi connectivity index (χ1v) is 12.5. The first-order valence-electron chi connectivity index (χ1n) is 11.8. The number of anilines is 1. The lowest BCUT2D eigenvalue weighted by Crippen LogP contribution is -2.14. The van der Waals surface area contributed by atoms with Gasteiger partial charge in [0.15, 0.2) is 0 Å². The van der Waals surface area contributed by atoms with Gasteiger partial charge in [0.05, 0.1) is 28.4 Å². The van der Waals surface area contributed by atoms with E-state index >= 15 is 0 Å². The third-order valence-electron chi connectivity index (χ3n) is 6.05. The Morgan fingerprint density at radius 3 is 2.27 bits per heavy atom. The number of nitrogens with one attached hydrogen (secondary N) is 1. The average molecular weight is 583 g/mol. The lowest BCUT2D eigenvalue weighted by Gasteiger charge is -2.11. The summed E-state index contributed by atoms with van der Waals surface area (Å²) in [4.78, 5) is 16.7. The van der Waals surface area contributed by atoms with E-state index in [0.717, 1.165) is 28.8 Å². The molecular formula is C29H19Cl2F3N4O2. The fraction of sp³-hybridized carbons (Fsp3) is 0.0690. The molecule has 0 saturated heterocycles. The van der Waals surface area contributed by atoms with Crippen molar-refractivity contribution in [1.82, 2.24) is 14.8 Å². The SMILES string of the molecule is COc1ccc(-c2nn(-c3ccc(NC(=O)c4ccc(Cl)c(C(F)(F)F)c4)cc3)cc2-c2ccncc2)cc1Cl. The zero-order valence-electron chi connectivity index (χ0n) is 20.7. The summed E-state index contributed by atoms with van der Waals surface area (Å²) in [5, 5.41) is 7.37. The highest BCUT2D eigenvalue weighted by atomic mass is 35.5. The molecule has 0 unspecified atom stereocenters. The van der Waals surface area contributed by atoms with E-state index in [2.05, 4.69) is 10.3 Å². The minimum atomic E-state index is -4.68. The Hall–Kier alpha value is -4.34. The van der Waals surface area contributed by atoms with E-state index in [0.29, 0.717) is 27.8 Å². The standard InChI is InChI=1S/C29H19Cl2F3N4O2/c1-40-26-9-3-18(15-25(26)31)27-22(17-10-12-35-13-11-17)16-38(37-27)21-6-4-20(5-7-21)36-28(39)19-2-8-24(30)23(14-19)29(32,33)34/h2-16H,1H3,(H,36,39). The molecule has 3 aromatic carbocycles. The Balaban J connectivity index is 1.44. The molecule has 11 heteroatoms. The summed E-state index contributed by atoms with van der Waals surface area (Å²) in [5.41, 5.74) is 3.02. The van der Waals surface area contributed by atoms with Crippen LogP contribution in [0.3, 0.4) is 0 Å². The first-order chi connectivity index (χ1) is 19.1. The Kier molecular flexibility index (Phi) is 7.51. The lowest BCUT2D eigenvalue weighted by atomic mass is 10.0. The highest BCUT2D eigenvalue weighted by Crippen LogP contribution is 2.37. The fourth-order valence-electron chi connectivity index (χ4n) is 4.06. The molecule has 1 amide bonds. The number of methoxy groups -OCH3 is 1. The monoisotopic (exact) mass is 582 g/mol. The molecule has 0 fully saturated rings. The minimum absolute atomic E-state index is 0.169. The summed E-state index contributed by atoms with van der Waals surface area (Å²) in [5.74, 6) is -0.158. The van der Waals surface area contributed by atoms with Crippen molar-refractivity contribution < 1.29 is 22.7 Å². The topological polar surface area (TPSA) is 69.0 Å². The largest absolute Gasteiger partial charge is 0.495 e. The molecule has 0 radical (unpaired) electrons. The average Bonchev–Trinajstić information content (AvgIpc) is 3.39. The minimum Gasteiger partial charge on any atom is -0.495 e. The maximum absolute atomic E-state index is 13.2. The van der Waals surface area contributed by atoms with Gasteiger partial charge in [-0.25, -0.2) is 4.68 Å². The molecule has 0 spiro atoms. The molecule has 6 nitrogen and oxygen atoms in total. The van der Waals surface area contributed by atoms with E-state index in [1.807, 2.05) is 24.4 Å². The zero-order chi connectivity index (χ0) is 28.4. The van der Waals surface area contributed by atoms with Crippen molar-refractivity contribution in [3.05, 3.63) is 113 Å². The first kappa shape index (κ1) is 27.2. The molecule has 202 valence electrons. The second kappa shape index (κ2) is 11.0. The van der Waals surface area contributed by atoms with E-state index in [1.54, 1.807) is 60.6 Å². The van der Waals surface area contributed by atoms with E-state index in [1.165, 1.54) is 6.07 Å². The Morgan fingerprint density at radius 1 is 0.900 bits per heavy atom. The van der Waals surface area contributed by atoms with Crippen molar-refractivity contribution in [3.8, 4) is 33.8 Å². The van der Waals surface area contributed by atoms with Crippen LogP contribution in [0.5, 0.6) is 5.75 Å². The highest BCUT2D eigenvalue weighted by Gasteiger charge is 2.33. The van der Waals surface area contributed by atoms with Gasteiger partial charge in [-0.1, -0.05) is 23.2 Å². The van der Waals surface area contributed by atoms with Crippen LogP contribution in [-0.2, 0) is 6.18 Å². The van der Waals surface area contributed by atoms with Gasteiger partial charge in [-0.2, -0.15) is 18.3 Å². The summed E-state index contributed by atoms with van der Waals surface area (Å²) in [7, 11) is 1.54. The number of aromatic nitrogens is 3. The maximum atomic E-state index is 13.2. The van der Waals surface area contributed by atoms with E-state index in [4.69, 9.17) is 33.0 Å². The van der Waals surface area contributed by atoms with Crippen molar-refractivity contribution in [3.63, 3.8) is 0 Å². The molecule has 5 rings (SSSR count). The third kappa shape index (κ3) is 5.66. The number of alkyl halides is 3. The number of carbonyl (C=O) groups excluding carboxylic acids is 1. The van der Waals surface area contributed by atoms with Crippen LogP contribution in [-0.4, -0.2) is 27.8 Å². The molecule has 0 aliphatic carbocycles. The smallest absolute Gasteiger partial charge is 0.417 e. The third-order valence-corrected chi connectivity index (χ3v) is 6.68. The molecule has 0 aliphatic rings. The van der Waals surface area contributed by atoms with E-state index < -0.39 is 22.7 Å². The highest BCUT2D eigenvalue weighted by molar-refractivity contribution is 6.32. The number of carbonyl (C=O) groups is 1. The van der Waals surface area contributed by atoms with Gasteiger partial charge < -0.3 is 10.1 Å². The molecule has 0 saturated carbocycles. The molecule has 5 aromatic rings. The van der Waals surface area contributed by atoms with E-state index in [9.17, 15) is 18.0 Å². The number of pyridine rings is 1. The zero-order valence-corrected chi connectivity index (χ0v) is 22.2. The summed E-state index contributed by atoms with van der Waals surface area (Å²) in [6.07, 6.45) is 0.563. The number of rotatable bonds is 6. The van der Waals surface area contributed by atoms with Crippen molar-refractivity contribution in [2.75, 3.05) is 12.4 Å². The second-order valence-electron chi connectivity index (χ2n) is 8.61. The van der Waals surface area contributed by atoms with Gasteiger partial charge in [-0.15, -0.1) is 0 Å². The van der Waals surface area contributed by atoms with Gasteiger partial charge >= 0.3 is 6.18 Å². The van der Waals surface area contributed by atoms with Crippen molar-refractivity contribution in [2.45, 2.75) is 6.18 Å². The molecule has 2 heterocycles. The van der Waals surface area contributed by atoms with Crippen LogP contribution in [0.4, 0.5) is 18.9 Å². The number of nitrogens with zero attached hydrogens (tertiary/aromatic N) is 3. The van der Waals surface area contributed by atoms with Crippen LogP contribution in [0.1, 0.15) is 15.9 Å². The predicted octanol–water partition coefficient (Wildman–Crippen LogP) is 8.19. The Morgan fingerprint density at radius 2 is 1.62 bits per heavy atom. The van der Waals surface area contributed by atoms with Crippen LogP contribution >= 0.6 is 23.2 Å². The van der Waals surface area contributed by atoms with Gasteiger partial charge in [-0.3, -0.25) is 9.78 Å². The quantitative estimate of drug-likeness (QED) is 0.219. The van der Waals surface area contributed by atoms with Crippen molar-refractivity contribution in [2.24, 2.45) is 0 Å². The second-order valence-corrected chi connectivity index (χ2v) is 9.43. The van der Waals surface area contributed by atoms with Crippen LogP contribution in [0.25, 0.3) is 28.1 Å². The number of benzene rings is 3. The number of ether oxygens (including phenoxy) is 1. The molecule has 0 atom stereocenters. The van der Waals surface area contributed by atoms with Crippen LogP contribution in [0.2, 0.25) is 10.0 Å². The number of amides is 1. The lowest BCUT2D eigenvalue weighted by molar-refractivity contribution is -0.137.